The number of likely N-dealkylation sites (tertiary alicyclic amines) is 1. The van der Waals surface area contributed by atoms with Crippen molar-refractivity contribution in [3.63, 3.8) is 0 Å². The van der Waals surface area contributed by atoms with Gasteiger partial charge in [-0.1, -0.05) is 23.7 Å². The van der Waals surface area contributed by atoms with Crippen LogP contribution in [0.4, 0.5) is 5.69 Å². The lowest BCUT2D eigenvalue weighted by molar-refractivity contribution is 0.0714. The summed E-state index contributed by atoms with van der Waals surface area (Å²) in [4.78, 5) is 14.4. The van der Waals surface area contributed by atoms with E-state index in [9.17, 15) is 13.2 Å². The number of hydrogen-bond acceptors (Lipinski definition) is 4. The Bertz CT molecular complexity index is 914. The molecule has 0 radical (unpaired) electrons. The van der Waals surface area contributed by atoms with Crippen LogP contribution < -0.4 is 10.5 Å². The standard InChI is InChI=1S/C18H20ClN3O3S.ClH/c19-14-4-2-5-16(12-14)21-26(24,25)17-6-1-3-13(11-17)18(23)22-9-7-15(20)8-10-22;/h1-6,11-12,15,21H,7-10,20H2;1H. The number of benzene rings is 2. The maximum atomic E-state index is 12.6. The van der Waals surface area contributed by atoms with E-state index in [0.717, 1.165) is 12.8 Å². The van der Waals surface area contributed by atoms with Crippen molar-refractivity contribution in [2.45, 2.75) is 23.8 Å². The number of rotatable bonds is 4. The van der Waals surface area contributed by atoms with E-state index in [0.29, 0.717) is 29.4 Å². The molecule has 0 aromatic heterocycles. The third-order valence-corrected chi connectivity index (χ3v) is 5.91. The van der Waals surface area contributed by atoms with Gasteiger partial charge in [0.15, 0.2) is 0 Å². The van der Waals surface area contributed by atoms with Gasteiger partial charge in [0.05, 0.1) is 10.6 Å². The van der Waals surface area contributed by atoms with E-state index >= 15 is 0 Å². The van der Waals surface area contributed by atoms with Gasteiger partial charge < -0.3 is 10.6 Å². The molecule has 9 heteroatoms. The van der Waals surface area contributed by atoms with Gasteiger partial charge in [0.25, 0.3) is 15.9 Å². The van der Waals surface area contributed by atoms with Gasteiger partial charge >= 0.3 is 0 Å². The molecular formula is C18H21Cl2N3O3S. The fraction of sp³-hybridized carbons (Fsp3) is 0.278. The highest BCUT2D eigenvalue weighted by Crippen LogP contribution is 2.21. The summed E-state index contributed by atoms with van der Waals surface area (Å²) >= 11 is 5.89. The van der Waals surface area contributed by atoms with Crippen molar-refractivity contribution in [2.75, 3.05) is 17.8 Å². The number of amides is 1. The van der Waals surface area contributed by atoms with Crippen LogP contribution in [0.25, 0.3) is 0 Å². The molecule has 1 aliphatic heterocycles. The number of anilines is 1. The highest BCUT2D eigenvalue weighted by atomic mass is 35.5. The lowest BCUT2D eigenvalue weighted by Gasteiger charge is -2.30. The van der Waals surface area contributed by atoms with Crippen molar-refractivity contribution in [2.24, 2.45) is 5.73 Å². The predicted octanol–water partition coefficient (Wildman–Crippen LogP) is 3.13. The number of sulfonamides is 1. The van der Waals surface area contributed by atoms with Gasteiger partial charge in [0.2, 0.25) is 0 Å². The fourth-order valence-electron chi connectivity index (χ4n) is 2.85. The first-order valence-corrected chi connectivity index (χ1v) is 10.1. The smallest absolute Gasteiger partial charge is 0.261 e. The molecule has 1 amide bonds. The molecule has 2 aromatic carbocycles. The zero-order valence-corrected chi connectivity index (χ0v) is 16.9. The first-order chi connectivity index (χ1) is 12.3. The minimum absolute atomic E-state index is 0. The zero-order valence-electron chi connectivity index (χ0n) is 14.5. The molecule has 1 heterocycles. The minimum Gasteiger partial charge on any atom is -0.339 e. The molecule has 6 nitrogen and oxygen atoms in total. The molecule has 0 spiro atoms. The van der Waals surface area contributed by atoms with Gasteiger partial charge in [0.1, 0.15) is 0 Å². The van der Waals surface area contributed by atoms with Crippen LogP contribution in [-0.2, 0) is 10.0 Å². The van der Waals surface area contributed by atoms with Crippen molar-refractivity contribution in [3.8, 4) is 0 Å². The first-order valence-electron chi connectivity index (χ1n) is 8.28. The van der Waals surface area contributed by atoms with Gasteiger partial charge in [-0.05, 0) is 49.2 Å². The van der Waals surface area contributed by atoms with Gasteiger partial charge in [-0.2, -0.15) is 0 Å². The number of nitrogens with two attached hydrogens (primary N) is 1. The summed E-state index contributed by atoms with van der Waals surface area (Å²) in [6, 6.07) is 12.6. The summed E-state index contributed by atoms with van der Waals surface area (Å²) in [6.07, 6.45) is 1.50. The Labute approximate surface area is 170 Å². The second-order valence-electron chi connectivity index (χ2n) is 6.27. The van der Waals surface area contributed by atoms with Crippen LogP contribution in [0.3, 0.4) is 0 Å². The monoisotopic (exact) mass is 429 g/mol. The summed E-state index contributed by atoms with van der Waals surface area (Å²) in [5, 5.41) is 0.428. The van der Waals surface area contributed by atoms with Crippen LogP contribution in [-0.4, -0.2) is 38.4 Å². The van der Waals surface area contributed by atoms with E-state index in [1.54, 1.807) is 35.2 Å². The van der Waals surface area contributed by atoms with E-state index in [4.69, 9.17) is 17.3 Å². The van der Waals surface area contributed by atoms with Crippen molar-refractivity contribution < 1.29 is 13.2 Å². The van der Waals surface area contributed by atoms with Gasteiger partial charge in [-0.3, -0.25) is 9.52 Å². The van der Waals surface area contributed by atoms with E-state index in [2.05, 4.69) is 4.72 Å². The third kappa shape index (κ3) is 5.35. The number of carbonyl (C=O) groups excluding carboxylic acids is 1. The molecule has 146 valence electrons. The van der Waals surface area contributed by atoms with E-state index in [-0.39, 0.29) is 29.3 Å². The molecule has 0 saturated carbocycles. The van der Waals surface area contributed by atoms with E-state index < -0.39 is 10.0 Å². The maximum Gasteiger partial charge on any atom is 0.261 e. The summed E-state index contributed by atoms with van der Waals surface area (Å²) in [5.74, 6) is -0.184. The molecule has 0 aliphatic carbocycles. The highest BCUT2D eigenvalue weighted by molar-refractivity contribution is 7.92. The summed E-state index contributed by atoms with van der Waals surface area (Å²) in [7, 11) is -3.82. The normalized spacial score (nSPS) is 15.1. The Kier molecular flexibility index (Phi) is 7.11. The Hall–Kier alpha value is -1.80. The summed E-state index contributed by atoms with van der Waals surface area (Å²) in [5.41, 5.74) is 6.57. The number of carbonyl (C=O) groups is 1. The van der Waals surface area contributed by atoms with Crippen LogP contribution in [0, 0.1) is 0 Å². The van der Waals surface area contributed by atoms with Crippen molar-refractivity contribution >= 4 is 45.6 Å². The minimum atomic E-state index is -3.82. The largest absolute Gasteiger partial charge is 0.339 e. The van der Waals surface area contributed by atoms with Crippen LogP contribution in [0.1, 0.15) is 23.2 Å². The zero-order chi connectivity index (χ0) is 18.7. The molecule has 0 atom stereocenters. The Morgan fingerprint density at radius 3 is 2.44 bits per heavy atom. The lowest BCUT2D eigenvalue weighted by atomic mass is 10.0. The molecule has 1 saturated heterocycles. The number of hydrogen-bond donors (Lipinski definition) is 2. The van der Waals surface area contributed by atoms with Crippen molar-refractivity contribution in [3.05, 3.63) is 59.1 Å². The number of piperidine rings is 1. The number of halogens is 2. The second kappa shape index (κ2) is 8.93. The Morgan fingerprint density at radius 1 is 1.11 bits per heavy atom. The predicted molar refractivity (Wildman–Crippen MR) is 109 cm³/mol. The molecule has 2 aromatic rings. The molecule has 1 fully saturated rings. The van der Waals surface area contributed by atoms with Gasteiger partial charge in [-0.15, -0.1) is 12.4 Å². The fourth-order valence-corrected chi connectivity index (χ4v) is 4.13. The lowest BCUT2D eigenvalue weighted by Crippen LogP contribution is -2.42. The second-order valence-corrected chi connectivity index (χ2v) is 8.39. The Morgan fingerprint density at radius 2 is 1.78 bits per heavy atom. The molecule has 27 heavy (non-hydrogen) atoms. The average Bonchev–Trinajstić information content (AvgIpc) is 2.61. The van der Waals surface area contributed by atoms with Crippen LogP contribution in [0.5, 0.6) is 0 Å². The van der Waals surface area contributed by atoms with Crippen LogP contribution >= 0.6 is 24.0 Å². The average molecular weight is 430 g/mol. The van der Waals surface area contributed by atoms with Gasteiger partial charge in [-0.25, -0.2) is 8.42 Å². The Balaban J connectivity index is 0.00000261. The molecular weight excluding hydrogens is 409 g/mol. The van der Waals surface area contributed by atoms with E-state index in [1.807, 2.05) is 0 Å². The summed E-state index contributed by atoms with van der Waals surface area (Å²) < 4.78 is 27.7. The highest BCUT2D eigenvalue weighted by Gasteiger charge is 2.23. The first kappa shape index (κ1) is 21.5. The molecule has 0 unspecified atom stereocenters. The molecule has 0 bridgehead atoms. The SMILES string of the molecule is Cl.NC1CCN(C(=O)c2cccc(S(=O)(=O)Nc3cccc(Cl)c3)c2)CC1. The van der Waals surface area contributed by atoms with Crippen LogP contribution in [0.15, 0.2) is 53.4 Å². The van der Waals surface area contributed by atoms with Gasteiger partial charge in [0, 0.05) is 29.7 Å². The quantitative estimate of drug-likeness (QED) is 0.780. The number of nitrogens with one attached hydrogen (secondary N) is 1. The molecule has 3 N–H and O–H groups in total. The van der Waals surface area contributed by atoms with Crippen LogP contribution in [0.2, 0.25) is 5.02 Å². The molecule has 1 aliphatic rings. The maximum absolute atomic E-state index is 12.6. The van der Waals surface area contributed by atoms with Crippen molar-refractivity contribution in [1.82, 2.24) is 4.90 Å². The van der Waals surface area contributed by atoms with Crippen molar-refractivity contribution in [1.29, 1.82) is 0 Å². The topological polar surface area (TPSA) is 92.5 Å². The number of nitrogens with zero attached hydrogens (tertiary/aromatic N) is 1. The summed E-state index contributed by atoms with van der Waals surface area (Å²) in [6.45, 7) is 1.16. The molecule has 3 rings (SSSR count). The van der Waals surface area contributed by atoms with E-state index in [1.165, 1.54) is 18.2 Å². The third-order valence-electron chi connectivity index (χ3n) is 4.29.